The average molecular weight is 271 g/mol. The predicted octanol–water partition coefficient (Wildman–Crippen LogP) is 3.73. The van der Waals surface area contributed by atoms with Crippen LogP contribution in [0, 0.1) is 0 Å². The Morgan fingerprint density at radius 2 is 1.94 bits per heavy atom. The average Bonchev–Trinajstić information content (AvgIpc) is 2.91. The lowest BCUT2D eigenvalue weighted by molar-refractivity contribution is 0.102. The van der Waals surface area contributed by atoms with Gasteiger partial charge in [0.25, 0.3) is 0 Å². The molecule has 1 aliphatic carbocycles. The maximum absolute atomic E-state index is 6.21. The second-order valence-electron chi connectivity index (χ2n) is 5.92. The summed E-state index contributed by atoms with van der Waals surface area (Å²) in [5.41, 5.74) is 6.21. The van der Waals surface area contributed by atoms with E-state index in [0.717, 1.165) is 17.6 Å². The van der Waals surface area contributed by atoms with Gasteiger partial charge in [0.1, 0.15) is 0 Å². The van der Waals surface area contributed by atoms with Gasteiger partial charge in [0.05, 0.1) is 6.10 Å². The Kier molecular flexibility index (Phi) is 6.88. The van der Waals surface area contributed by atoms with Crippen molar-refractivity contribution in [2.75, 3.05) is 12.4 Å². The summed E-state index contributed by atoms with van der Waals surface area (Å²) in [7, 11) is 0. The molecule has 2 fully saturated rings. The molecule has 0 spiro atoms. The van der Waals surface area contributed by atoms with Crippen LogP contribution in [0.15, 0.2) is 0 Å². The van der Waals surface area contributed by atoms with Gasteiger partial charge in [0.15, 0.2) is 0 Å². The summed E-state index contributed by atoms with van der Waals surface area (Å²) in [6.45, 7) is 0.980. The first-order valence-electron chi connectivity index (χ1n) is 7.83. The Balaban J connectivity index is 1.47. The molecule has 18 heavy (non-hydrogen) atoms. The Hall–Kier alpha value is 0.270. The van der Waals surface area contributed by atoms with Gasteiger partial charge in [-0.25, -0.2) is 0 Å². The first-order valence-corrected chi connectivity index (χ1v) is 8.88. The lowest BCUT2D eigenvalue weighted by Crippen LogP contribution is -2.25. The zero-order valence-electron chi connectivity index (χ0n) is 11.6. The minimum absolute atomic E-state index is 0.401. The largest absolute Gasteiger partial charge is 0.378 e. The van der Waals surface area contributed by atoms with Gasteiger partial charge in [-0.2, -0.15) is 11.8 Å². The maximum Gasteiger partial charge on any atom is 0.0576 e. The fourth-order valence-electron chi connectivity index (χ4n) is 3.05. The van der Waals surface area contributed by atoms with Crippen LogP contribution < -0.4 is 5.73 Å². The van der Waals surface area contributed by atoms with Gasteiger partial charge in [-0.15, -0.1) is 0 Å². The molecule has 1 aliphatic heterocycles. The van der Waals surface area contributed by atoms with Crippen LogP contribution in [-0.4, -0.2) is 29.8 Å². The van der Waals surface area contributed by atoms with Crippen molar-refractivity contribution in [3.63, 3.8) is 0 Å². The van der Waals surface area contributed by atoms with E-state index in [-0.39, 0.29) is 0 Å². The molecule has 1 saturated heterocycles. The quantitative estimate of drug-likeness (QED) is 0.766. The van der Waals surface area contributed by atoms with Gasteiger partial charge in [-0.05, 0) is 44.9 Å². The normalized spacial score (nSPS) is 27.5. The second kappa shape index (κ2) is 8.44. The molecule has 0 bridgehead atoms. The number of hydrogen-bond donors (Lipinski definition) is 1. The van der Waals surface area contributed by atoms with Crippen molar-refractivity contribution in [2.24, 2.45) is 5.73 Å². The van der Waals surface area contributed by atoms with Gasteiger partial charge in [0, 0.05) is 23.7 Å². The maximum atomic E-state index is 6.21. The van der Waals surface area contributed by atoms with Crippen LogP contribution in [0.1, 0.15) is 64.2 Å². The lowest BCUT2D eigenvalue weighted by atomic mass is 10.0. The smallest absolute Gasteiger partial charge is 0.0576 e. The fourth-order valence-corrected chi connectivity index (χ4v) is 4.41. The Morgan fingerprint density at radius 1 is 1.11 bits per heavy atom. The molecule has 2 atom stereocenters. The zero-order valence-corrected chi connectivity index (χ0v) is 12.4. The van der Waals surface area contributed by atoms with E-state index < -0.39 is 0 Å². The van der Waals surface area contributed by atoms with Crippen molar-refractivity contribution in [2.45, 2.75) is 81.6 Å². The van der Waals surface area contributed by atoms with Crippen LogP contribution in [-0.2, 0) is 4.74 Å². The number of rotatable bonds is 7. The molecule has 0 amide bonds. The molecule has 0 aromatic carbocycles. The first-order chi connectivity index (χ1) is 8.84. The monoisotopic (exact) mass is 271 g/mol. The third-order valence-corrected chi connectivity index (χ3v) is 5.79. The molecule has 2 aliphatic rings. The second-order valence-corrected chi connectivity index (χ2v) is 7.25. The van der Waals surface area contributed by atoms with E-state index in [1.165, 1.54) is 64.2 Å². The molecular formula is C15H29NOS. The molecule has 1 heterocycles. The van der Waals surface area contributed by atoms with Crippen molar-refractivity contribution < 1.29 is 4.74 Å². The summed E-state index contributed by atoms with van der Waals surface area (Å²) in [5.74, 6) is 1.16. The molecular weight excluding hydrogens is 242 g/mol. The molecule has 2 unspecified atom stereocenters. The molecule has 0 aromatic heterocycles. The topological polar surface area (TPSA) is 35.2 Å². The van der Waals surface area contributed by atoms with Gasteiger partial charge in [-0.1, -0.05) is 19.3 Å². The van der Waals surface area contributed by atoms with Crippen LogP contribution in [0.3, 0.4) is 0 Å². The van der Waals surface area contributed by atoms with Crippen LogP contribution in [0.2, 0.25) is 0 Å². The van der Waals surface area contributed by atoms with E-state index in [4.69, 9.17) is 10.5 Å². The summed E-state index contributed by atoms with van der Waals surface area (Å²) in [5, 5.41) is 0.906. The van der Waals surface area contributed by atoms with Gasteiger partial charge < -0.3 is 10.5 Å². The van der Waals surface area contributed by atoms with Crippen molar-refractivity contribution in [1.82, 2.24) is 0 Å². The molecule has 106 valence electrons. The van der Waals surface area contributed by atoms with Crippen molar-refractivity contribution in [3.8, 4) is 0 Å². The molecule has 0 aromatic rings. The van der Waals surface area contributed by atoms with Crippen LogP contribution in [0.4, 0.5) is 0 Å². The summed E-state index contributed by atoms with van der Waals surface area (Å²) >= 11 is 2.13. The van der Waals surface area contributed by atoms with Crippen molar-refractivity contribution in [1.29, 1.82) is 0 Å². The van der Waals surface area contributed by atoms with Crippen molar-refractivity contribution >= 4 is 11.8 Å². The molecule has 0 radical (unpaired) electrons. The predicted molar refractivity (Wildman–Crippen MR) is 80.1 cm³/mol. The Morgan fingerprint density at radius 3 is 2.67 bits per heavy atom. The molecule has 3 heteroatoms. The first kappa shape index (κ1) is 14.7. The molecule has 1 saturated carbocycles. The standard InChI is InChI=1S/C15H29NOS/c16-13(6-4-7-14-8-5-11-17-14)12-18-15-9-2-1-3-10-15/h13-15H,1-12,16H2. The summed E-state index contributed by atoms with van der Waals surface area (Å²) in [6.07, 6.45) is 13.9. The Labute approximate surface area is 116 Å². The summed E-state index contributed by atoms with van der Waals surface area (Å²) in [4.78, 5) is 0. The van der Waals surface area contributed by atoms with Crippen LogP contribution in [0.5, 0.6) is 0 Å². The highest BCUT2D eigenvalue weighted by Gasteiger charge is 2.17. The highest BCUT2D eigenvalue weighted by atomic mass is 32.2. The van der Waals surface area contributed by atoms with E-state index in [1.54, 1.807) is 0 Å². The third-order valence-electron chi connectivity index (χ3n) is 4.22. The van der Waals surface area contributed by atoms with E-state index >= 15 is 0 Å². The van der Waals surface area contributed by atoms with Gasteiger partial charge in [-0.3, -0.25) is 0 Å². The highest BCUT2D eigenvalue weighted by Crippen LogP contribution is 2.28. The van der Waals surface area contributed by atoms with E-state index in [2.05, 4.69) is 11.8 Å². The van der Waals surface area contributed by atoms with E-state index in [1.807, 2.05) is 0 Å². The Bertz CT molecular complexity index is 213. The number of ether oxygens (including phenoxy) is 1. The van der Waals surface area contributed by atoms with Gasteiger partial charge >= 0.3 is 0 Å². The molecule has 2 rings (SSSR count). The summed E-state index contributed by atoms with van der Waals surface area (Å²) < 4.78 is 5.64. The lowest BCUT2D eigenvalue weighted by Gasteiger charge is -2.22. The number of thioether (sulfide) groups is 1. The zero-order chi connectivity index (χ0) is 12.6. The van der Waals surface area contributed by atoms with Crippen molar-refractivity contribution in [3.05, 3.63) is 0 Å². The molecule has 2 N–H and O–H groups in total. The molecule has 2 nitrogen and oxygen atoms in total. The third kappa shape index (κ3) is 5.50. The highest BCUT2D eigenvalue weighted by molar-refractivity contribution is 7.99. The summed E-state index contributed by atoms with van der Waals surface area (Å²) in [6, 6.07) is 0.401. The van der Waals surface area contributed by atoms with E-state index in [0.29, 0.717) is 12.1 Å². The van der Waals surface area contributed by atoms with Gasteiger partial charge in [0.2, 0.25) is 0 Å². The van der Waals surface area contributed by atoms with Crippen LogP contribution in [0.25, 0.3) is 0 Å². The SMILES string of the molecule is NC(CCCC1CCCO1)CSC1CCCCC1. The minimum Gasteiger partial charge on any atom is -0.378 e. The number of hydrogen-bond acceptors (Lipinski definition) is 3. The number of nitrogens with two attached hydrogens (primary N) is 1. The minimum atomic E-state index is 0.401. The van der Waals surface area contributed by atoms with Crippen LogP contribution >= 0.6 is 11.8 Å². The fraction of sp³-hybridized carbons (Fsp3) is 1.00. The van der Waals surface area contributed by atoms with E-state index in [9.17, 15) is 0 Å².